The van der Waals surface area contributed by atoms with Crippen LogP contribution in [0.2, 0.25) is 0 Å². The molecule has 1 fully saturated rings. The van der Waals surface area contributed by atoms with Crippen LogP contribution in [0.1, 0.15) is 13.8 Å². The first-order chi connectivity index (χ1) is 7.43. The highest BCUT2D eigenvalue weighted by Crippen LogP contribution is 2.51. The molecule has 92 valence electrons. The van der Waals surface area contributed by atoms with Crippen LogP contribution in [0.15, 0.2) is 0 Å². The van der Waals surface area contributed by atoms with E-state index in [1.807, 2.05) is 13.8 Å². The Kier molecular flexibility index (Phi) is 3.86. The topological polar surface area (TPSA) is 105 Å². The average molecular weight is 234 g/mol. The molecule has 0 aromatic heterocycles. The van der Waals surface area contributed by atoms with Crippen LogP contribution in [0.5, 0.6) is 0 Å². The van der Waals surface area contributed by atoms with Gasteiger partial charge in [-0.05, 0) is 23.7 Å². The molecule has 8 nitrogen and oxygen atoms in total. The molecule has 0 N–H and O–H groups in total. The molecular weight excluding hydrogens is 220 g/mol. The Morgan fingerprint density at radius 2 is 1.44 bits per heavy atom. The van der Waals surface area contributed by atoms with Gasteiger partial charge in [0.25, 0.3) is 10.2 Å². The normalized spacial score (nSPS) is 27.6. The molecule has 2 unspecified atom stereocenters. The third-order valence-electron chi connectivity index (χ3n) is 2.91. The molecule has 8 heteroatoms. The summed E-state index contributed by atoms with van der Waals surface area (Å²) in [6.07, 6.45) is 0. The van der Waals surface area contributed by atoms with Crippen LogP contribution in [-0.4, -0.2) is 23.4 Å². The Bertz CT molecular complexity index is 258. The molecule has 0 saturated heterocycles. The van der Waals surface area contributed by atoms with Crippen molar-refractivity contribution in [2.45, 2.75) is 13.8 Å². The smallest absolute Gasteiger partial charge is 0.294 e. The molecule has 0 aliphatic heterocycles. The SMILES string of the molecule is CC(C)C1C(CO[N+](=O)[O-])C1CO[N+](=O)[O-]. The first kappa shape index (κ1) is 12.5. The van der Waals surface area contributed by atoms with Crippen molar-refractivity contribution in [2.24, 2.45) is 23.7 Å². The number of nitrogens with zero attached hydrogens (tertiary/aromatic N) is 2. The van der Waals surface area contributed by atoms with E-state index in [0.717, 1.165) is 0 Å². The highest BCUT2D eigenvalue weighted by Gasteiger charge is 2.52. The zero-order valence-corrected chi connectivity index (χ0v) is 9.07. The lowest BCUT2D eigenvalue weighted by atomic mass is 10.1. The van der Waals surface area contributed by atoms with Crippen LogP contribution < -0.4 is 0 Å². The van der Waals surface area contributed by atoms with E-state index in [9.17, 15) is 20.2 Å². The van der Waals surface area contributed by atoms with E-state index in [1.54, 1.807) is 0 Å². The number of hydrogen-bond acceptors (Lipinski definition) is 6. The molecule has 1 aliphatic carbocycles. The zero-order chi connectivity index (χ0) is 12.3. The van der Waals surface area contributed by atoms with Crippen molar-refractivity contribution in [3.63, 3.8) is 0 Å². The molecule has 1 saturated carbocycles. The summed E-state index contributed by atoms with van der Waals surface area (Å²) in [7, 11) is 0. The van der Waals surface area contributed by atoms with E-state index in [0.29, 0.717) is 5.92 Å². The van der Waals surface area contributed by atoms with Crippen LogP contribution in [-0.2, 0) is 9.68 Å². The van der Waals surface area contributed by atoms with Crippen LogP contribution in [0, 0.1) is 43.9 Å². The Morgan fingerprint density at radius 1 is 1.06 bits per heavy atom. The third-order valence-corrected chi connectivity index (χ3v) is 2.91. The van der Waals surface area contributed by atoms with Crippen molar-refractivity contribution in [2.75, 3.05) is 13.2 Å². The fraction of sp³-hybridized carbons (Fsp3) is 1.00. The van der Waals surface area contributed by atoms with Gasteiger partial charge in [0.2, 0.25) is 0 Å². The molecular formula is C8H14N2O6. The molecule has 0 bridgehead atoms. The predicted molar refractivity (Wildman–Crippen MR) is 51.2 cm³/mol. The first-order valence-corrected chi connectivity index (χ1v) is 4.98. The van der Waals surface area contributed by atoms with Crippen LogP contribution in [0.3, 0.4) is 0 Å². The molecule has 1 rings (SSSR count). The lowest BCUT2D eigenvalue weighted by molar-refractivity contribution is -0.761. The van der Waals surface area contributed by atoms with Crippen molar-refractivity contribution < 1.29 is 19.8 Å². The van der Waals surface area contributed by atoms with Gasteiger partial charge in [-0.25, -0.2) is 0 Å². The van der Waals surface area contributed by atoms with Crippen molar-refractivity contribution in [1.29, 1.82) is 0 Å². The molecule has 2 atom stereocenters. The van der Waals surface area contributed by atoms with Crippen molar-refractivity contribution >= 4 is 0 Å². The summed E-state index contributed by atoms with van der Waals surface area (Å²) in [5, 5.41) is 18.4. The van der Waals surface area contributed by atoms with E-state index < -0.39 is 10.2 Å². The molecule has 1 aliphatic rings. The molecule has 0 amide bonds. The van der Waals surface area contributed by atoms with Gasteiger partial charge in [0.05, 0.1) is 13.2 Å². The molecule has 0 spiro atoms. The van der Waals surface area contributed by atoms with Gasteiger partial charge in [0.1, 0.15) is 0 Å². The lowest BCUT2D eigenvalue weighted by Crippen LogP contribution is -2.08. The highest BCUT2D eigenvalue weighted by molar-refractivity contribution is 4.97. The van der Waals surface area contributed by atoms with Gasteiger partial charge >= 0.3 is 0 Å². The van der Waals surface area contributed by atoms with Crippen LogP contribution in [0.25, 0.3) is 0 Å². The summed E-state index contributed by atoms with van der Waals surface area (Å²) in [6, 6.07) is 0. The lowest BCUT2D eigenvalue weighted by Gasteiger charge is -2.01. The highest BCUT2D eigenvalue weighted by atomic mass is 17.0. The third kappa shape index (κ3) is 3.21. The van der Waals surface area contributed by atoms with E-state index in [2.05, 4.69) is 9.68 Å². The standard InChI is InChI=1S/C8H14N2O6/c1-5(2)8-6(3-15-9(11)12)7(8)4-16-10(13)14/h5-8H,3-4H2,1-2H3. The van der Waals surface area contributed by atoms with Crippen molar-refractivity contribution in [3.05, 3.63) is 20.2 Å². The summed E-state index contributed by atoms with van der Waals surface area (Å²) in [5.41, 5.74) is 0. The summed E-state index contributed by atoms with van der Waals surface area (Å²) in [4.78, 5) is 28.6. The van der Waals surface area contributed by atoms with Gasteiger partial charge in [-0.15, -0.1) is 20.2 Å². The largest absolute Gasteiger partial charge is 0.314 e. The maximum Gasteiger partial charge on any atom is 0.294 e. The maximum absolute atomic E-state index is 10.0. The molecule has 16 heavy (non-hydrogen) atoms. The summed E-state index contributed by atoms with van der Waals surface area (Å²) < 4.78 is 0. The summed E-state index contributed by atoms with van der Waals surface area (Å²) in [5.74, 6) is 0.455. The van der Waals surface area contributed by atoms with Crippen molar-refractivity contribution in [1.82, 2.24) is 0 Å². The van der Waals surface area contributed by atoms with Gasteiger partial charge in [-0.3, -0.25) is 0 Å². The summed E-state index contributed by atoms with van der Waals surface area (Å²) >= 11 is 0. The van der Waals surface area contributed by atoms with Gasteiger partial charge < -0.3 is 9.68 Å². The minimum Gasteiger partial charge on any atom is -0.314 e. The fourth-order valence-corrected chi connectivity index (χ4v) is 2.23. The Balaban J connectivity index is 2.37. The Labute approximate surface area is 91.7 Å². The van der Waals surface area contributed by atoms with E-state index in [1.165, 1.54) is 0 Å². The zero-order valence-electron chi connectivity index (χ0n) is 9.07. The van der Waals surface area contributed by atoms with Crippen LogP contribution >= 0.6 is 0 Å². The van der Waals surface area contributed by atoms with Crippen molar-refractivity contribution in [3.8, 4) is 0 Å². The molecule has 0 heterocycles. The second-order valence-electron chi connectivity index (χ2n) is 4.19. The molecule has 0 aromatic carbocycles. The van der Waals surface area contributed by atoms with E-state index >= 15 is 0 Å². The van der Waals surface area contributed by atoms with E-state index in [-0.39, 0.29) is 31.0 Å². The average Bonchev–Trinajstić information content (AvgIpc) is 2.84. The second-order valence-corrected chi connectivity index (χ2v) is 4.19. The minimum atomic E-state index is -0.846. The predicted octanol–water partition coefficient (Wildman–Crippen LogP) is 0.921. The molecule has 0 radical (unpaired) electrons. The monoisotopic (exact) mass is 234 g/mol. The first-order valence-electron chi connectivity index (χ1n) is 4.98. The maximum atomic E-state index is 10.0. The number of rotatable bonds is 7. The minimum absolute atomic E-state index is 0.0123. The van der Waals surface area contributed by atoms with Gasteiger partial charge in [0, 0.05) is 0 Å². The van der Waals surface area contributed by atoms with Gasteiger partial charge in [-0.1, -0.05) is 13.8 Å². The Morgan fingerprint density at radius 3 is 1.69 bits per heavy atom. The van der Waals surface area contributed by atoms with Gasteiger partial charge in [0.15, 0.2) is 0 Å². The van der Waals surface area contributed by atoms with E-state index in [4.69, 9.17) is 0 Å². The van der Waals surface area contributed by atoms with Gasteiger partial charge in [-0.2, -0.15) is 0 Å². The quantitative estimate of drug-likeness (QED) is 0.479. The summed E-state index contributed by atoms with van der Waals surface area (Å²) in [6.45, 7) is 3.91. The molecule has 0 aromatic rings. The fourth-order valence-electron chi connectivity index (χ4n) is 2.23. The Hall–Kier alpha value is -1.60. The van der Waals surface area contributed by atoms with Crippen LogP contribution in [0.4, 0.5) is 0 Å². The number of hydrogen-bond donors (Lipinski definition) is 0. The second kappa shape index (κ2) is 4.95.